The fourth-order valence-electron chi connectivity index (χ4n) is 3.15. The quantitative estimate of drug-likeness (QED) is 0.644. The summed E-state index contributed by atoms with van der Waals surface area (Å²) in [6, 6.07) is 7.21. The highest BCUT2D eigenvalue weighted by atomic mass is 19.1. The predicted molar refractivity (Wildman–Crippen MR) is 77.0 cm³/mol. The molecule has 0 radical (unpaired) electrons. The van der Waals surface area contributed by atoms with Crippen molar-refractivity contribution in [1.29, 1.82) is 0 Å². The van der Waals surface area contributed by atoms with E-state index < -0.39 is 0 Å². The molecule has 0 aromatic heterocycles. The first-order valence-corrected chi connectivity index (χ1v) is 7.51. The molecule has 1 aliphatic carbocycles. The Labute approximate surface area is 115 Å². The van der Waals surface area contributed by atoms with E-state index in [1.807, 2.05) is 12.1 Å². The number of benzene rings is 1. The Morgan fingerprint density at radius 3 is 2.37 bits per heavy atom. The summed E-state index contributed by atoms with van der Waals surface area (Å²) in [4.78, 5) is 0. The van der Waals surface area contributed by atoms with Crippen LogP contribution in [0.1, 0.15) is 50.5 Å². The molecule has 106 valence electrons. The summed E-state index contributed by atoms with van der Waals surface area (Å²) in [5.74, 6) is 6.18. The lowest BCUT2D eigenvalue weighted by molar-refractivity contribution is 0.283. The molecule has 1 aromatic carbocycles. The summed E-state index contributed by atoms with van der Waals surface area (Å²) in [7, 11) is 0. The van der Waals surface area contributed by atoms with Gasteiger partial charge in [0.25, 0.3) is 0 Å². The molecule has 3 N–H and O–H groups in total. The average Bonchev–Trinajstić information content (AvgIpc) is 2.38. The van der Waals surface area contributed by atoms with Gasteiger partial charge in [-0.3, -0.25) is 11.3 Å². The molecule has 0 saturated heterocycles. The van der Waals surface area contributed by atoms with E-state index in [9.17, 15) is 4.39 Å². The lowest BCUT2D eigenvalue weighted by Crippen LogP contribution is -2.42. The third-order valence-corrected chi connectivity index (χ3v) is 4.33. The molecule has 0 heterocycles. The molecule has 1 aliphatic rings. The van der Waals surface area contributed by atoms with Crippen molar-refractivity contribution in [2.45, 2.75) is 57.4 Å². The molecule has 19 heavy (non-hydrogen) atoms. The van der Waals surface area contributed by atoms with Crippen LogP contribution in [0.3, 0.4) is 0 Å². The van der Waals surface area contributed by atoms with Gasteiger partial charge in [-0.2, -0.15) is 0 Å². The van der Waals surface area contributed by atoms with Gasteiger partial charge in [-0.15, -0.1) is 0 Å². The Hall–Kier alpha value is -0.930. The maximum atomic E-state index is 13.7. The van der Waals surface area contributed by atoms with E-state index in [0.29, 0.717) is 12.3 Å². The fraction of sp³-hybridized carbons (Fsp3) is 0.625. The number of hydrogen-bond donors (Lipinski definition) is 2. The Kier molecular flexibility index (Phi) is 5.80. The van der Waals surface area contributed by atoms with Crippen molar-refractivity contribution in [2.75, 3.05) is 0 Å². The molecule has 1 atom stereocenters. The van der Waals surface area contributed by atoms with E-state index in [1.54, 1.807) is 6.07 Å². The molecule has 1 aromatic rings. The zero-order valence-corrected chi connectivity index (χ0v) is 11.6. The third-order valence-electron chi connectivity index (χ3n) is 4.33. The Morgan fingerprint density at radius 2 is 1.74 bits per heavy atom. The normalized spacial score (nSPS) is 19.7. The lowest BCUT2D eigenvalue weighted by atomic mass is 9.83. The summed E-state index contributed by atoms with van der Waals surface area (Å²) in [5.41, 5.74) is 3.70. The number of nitrogens with one attached hydrogen (secondary N) is 1. The molecule has 3 heteroatoms. The first-order valence-electron chi connectivity index (χ1n) is 7.51. The maximum absolute atomic E-state index is 13.7. The minimum absolute atomic E-state index is 0.117. The first kappa shape index (κ1) is 14.5. The van der Waals surface area contributed by atoms with Crippen LogP contribution in [-0.2, 0) is 6.42 Å². The predicted octanol–water partition coefficient (Wildman–Crippen LogP) is 3.56. The maximum Gasteiger partial charge on any atom is 0.126 e. The molecule has 0 bridgehead atoms. The van der Waals surface area contributed by atoms with Crippen molar-refractivity contribution in [3.8, 4) is 0 Å². The second kappa shape index (κ2) is 7.61. The Morgan fingerprint density at radius 1 is 1.11 bits per heavy atom. The molecule has 1 fully saturated rings. The van der Waals surface area contributed by atoms with Gasteiger partial charge in [0.15, 0.2) is 0 Å². The van der Waals surface area contributed by atoms with Crippen LogP contribution in [0.15, 0.2) is 24.3 Å². The smallest absolute Gasteiger partial charge is 0.126 e. The average molecular weight is 264 g/mol. The van der Waals surface area contributed by atoms with Crippen molar-refractivity contribution in [2.24, 2.45) is 11.8 Å². The van der Waals surface area contributed by atoms with Crippen LogP contribution in [0.4, 0.5) is 4.39 Å². The SMILES string of the molecule is NNC(Cc1ccccc1F)C1CCCCCCC1. The first-order chi connectivity index (χ1) is 9.31. The topological polar surface area (TPSA) is 38.0 Å². The minimum atomic E-state index is -0.117. The molecule has 1 unspecified atom stereocenters. The van der Waals surface area contributed by atoms with Crippen LogP contribution in [-0.4, -0.2) is 6.04 Å². The molecular weight excluding hydrogens is 239 g/mol. The second-order valence-corrected chi connectivity index (χ2v) is 5.67. The number of nitrogens with two attached hydrogens (primary N) is 1. The number of hydrogen-bond acceptors (Lipinski definition) is 2. The Balaban J connectivity index is 2.00. The van der Waals surface area contributed by atoms with Crippen LogP contribution in [0, 0.1) is 11.7 Å². The van der Waals surface area contributed by atoms with Gasteiger partial charge >= 0.3 is 0 Å². The fourth-order valence-corrected chi connectivity index (χ4v) is 3.15. The lowest BCUT2D eigenvalue weighted by Gasteiger charge is -2.28. The van der Waals surface area contributed by atoms with Crippen LogP contribution in [0.5, 0.6) is 0 Å². The zero-order chi connectivity index (χ0) is 13.5. The molecule has 0 amide bonds. The van der Waals surface area contributed by atoms with E-state index in [1.165, 1.54) is 51.0 Å². The number of rotatable bonds is 4. The highest BCUT2D eigenvalue weighted by Crippen LogP contribution is 2.26. The summed E-state index contributed by atoms with van der Waals surface area (Å²) < 4.78 is 13.7. The molecule has 1 saturated carbocycles. The standard InChI is InChI=1S/C16H25FN2/c17-15-11-7-6-10-14(15)12-16(19-18)13-8-4-2-1-3-5-9-13/h6-7,10-11,13,16,19H,1-5,8-9,12,18H2. The zero-order valence-electron chi connectivity index (χ0n) is 11.6. The van der Waals surface area contributed by atoms with Gasteiger partial charge in [-0.25, -0.2) is 4.39 Å². The highest BCUT2D eigenvalue weighted by Gasteiger charge is 2.22. The molecule has 2 rings (SSSR count). The van der Waals surface area contributed by atoms with Crippen LogP contribution >= 0.6 is 0 Å². The van der Waals surface area contributed by atoms with Gasteiger partial charge in [-0.1, -0.05) is 50.3 Å². The van der Waals surface area contributed by atoms with Crippen LogP contribution in [0.2, 0.25) is 0 Å². The second-order valence-electron chi connectivity index (χ2n) is 5.67. The van der Waals surface area contributed by atoms with Gasteiger partial charge < -0.3 is 0 Å². The summed E-state index contributed by atoms with van der Waals surface area (Å²) in [5, 5.41) is 0. The largest absolute Gasteiger partial charge is 0.271 e. The van der Waals surface area contributed by atoms with Crippen LogP contribution < -0.4 is 11.3 Å². The van der Waals surface area contributed by atoms with Crippen molar-refractivity contribution >= 4 is 0 Å². The molecule has 0 aliphatic heterocycles. The van der Waals surface area contributed by atoms with Gasteiger partial charge in [0.05, 0.1) is 0 Å². The van der Waals surface area contributed by atoms with Crippen LogP contribution in [0.25, 0.3) is 0 Å². The van der Waals surface area contributed by atoms with Crippen molar-refractivity contribution in [1.82, 2.24) is 5.43 Å². The van der Waals surface area contributed by atoms with Gasteiger partial charge in [0.2, 0.25) is 0 Å². The van der Waals surface area contributed by atoms with E-state index in [-0.39, 0.29) is 11.9 Å². The summed E-state index contributed by atoms with van der Waals surface area (Å²) in [6.45, 7) is 0. The summed E-state index contributed by atoms with van der Waals surface area (Å²) >= 11 is 0. The molecule has 0 spiro atoms. The van der Waals surface area contributed by atoms with Crippen molar-refractivity contribution in [3.05, 3.63) is 35.6 Å². The molecular formula is C16H25FN2. The number of hydrazine groups is 1. The van der Waals surface area contributed by atoms with E-state index in [4.69, 9.17) is 5.84 Å². The third kappa shape index (κ3) is 4.29. The summed E-state index contributed by atoms with van der Waals surface area (Å²) in [6.07, 6.45) is 9.68. The van der Waals surface area contributed by atoms with Gasteiger partial charge in [0, 0.05) is 6.04 Å². The highest BCUT2D eigenvalue weighted by molar-refractivity contribution is 5.18. The minimum Gasteiger partial charge on any atom is -0.271 e. The van der Waals surface area contributed by atoms with Gasteiger partial charge in [0.1, 0.15) is 5.82 Å². The van der Waals surface area contributed by atoms with Gasteiger partial charge in [-0.05, 0) is 36.8 Å². The van der Waals surface area contributed by atoms with Crippen molar-refractivity contribution < 1.29 is 4.39 Å². The monoisotopic (exact) mass is 264 g/mol. The van der Waals surface area contributed by atoms with E-state index in [2.05, 4.69) is 5.43 Å². The van der Waals surface area contributed by atoms with E-state index in [0.717, 1.165) is 5.56 Å². The number of halogens is 1. The Bertz CT molecular complexity index is 373. The van der Waals surface area contributed by atoms with E-state index >= 15 is 0 Å². The van der Waals surface area contributed by atoms with Crippen molar-refractivity contribution in [3.63, 3.8) is 0 Å². The molecule has 2 nitrogen and oxygen atoms in total.